The topological polar surface area (TPSA) is 0 Å². The number of thioether (sulfide) groups is 1. The quantitative estimate of drug-likeness (QED) is 0.356. The summed E-state index contributed by atoms with van der Waals surface area (Å²) in [7, 11) is 0. The fourth-order valence-corrected chi connectivity index (χ4v) is 1.45. The largest absolute Gasteiger partial charge is 0.179 e. The summed E-state index contributed by atoms with van der Waals surface area (Å²) >= 11 is 6.06. The van der Waals surface area contributed by atoms with Crippen LogP contribution in [-0.4, -0.2) is 17.3 Å². The van der Waals surface area contributed by atoms with Gasteiger partial charge in [-0.1, -0.05) is 6.08 Å². The highest BCUT2D eigenvalue weighted by atomic mass is 32.2. The first kappa shape index (κ1) is 9.44. The van der Waals surface area contributed by atoms with Crippen molar-refractivity contribution in [1.29, 1.82) is 0 Å². The summed E-state index contributed by atoms with van der Waals surface area (Å²) in [5.74, 6) is 3.37. The Balaban J connectivity index is 2.66. The molecule has 2 heteroatoms. The molecule has 0 bridgehead atoms. The predicted octanol–water partition coefficient (Wildman–Crippen LogP) is 2.62. The first-order valence-corrected chi connectivity index (χ1v) is 5.00. The maximum atomic E-state index is 4.12. The molecule has 0 heterocycles. The minimum atomic E-state index is 1.02. The van der Waals surface area contributed by atoms with Crippen molar-refractivity contribution in [2.24, 2.45) is 0 Å². The van der Waals surface area contributed by atoms with Gasteiger partial charge >= 0.3 is 0 Å². The molecule has 54 valence electrons. The third kappa shape index (κ3) is 8.44. The van der Waals surface area contributed by atoms with Crippen molar-refractivity contribution >= 4 is 24.4 Å². The molecule has 0 saturated heterocycles. The highest BCUT2D eigenvalue weighted by molar-refractivity contribution is 7.99. The lowest BCUT2D eigenvalue weighted by Crippen LogP contribution is -1.81. The molecular formula is C7H14S2. The zero-order chi connectivity index (χ0) is 6.95. The van der Waals surface area contributed by atoms with Crippen LogP contribution in [0.4, 0.5) is 0 Å². The Kier molecular flexibility index (Phi) is 8.85. The molecule has 0 aliphatic rings. The smallest absolute Gasteiger partial charge is 0.0110 e. The zero-order valence-electron chi connectivity index (χ0n) is 5.68. The van der Waals surface area contributed by atoms with Crippen LogP contribution in [-0.2, 0) is 0 Å². The Morgan fingerprint density at radius 2 is 2.22 bits per heavy atom. The van der Waals surface area contributed by atoms with E-state index in [9.17, 15) is 0 Å². The van der Waals surface area contributed by atoms with E-state index in [2.05, 4.69) is 19.2 Å². The van der Waals surface area contributed by atoms with Gasteiger partial charge in [-0.2, -0.15) is 24.4 Å². The molecule has 0 unspecified atom stereocenters. The van der Waals surface area contributed by atoms with Crippen molar-refractivity contribution in [3.05, 3.63) is 12.7 Å². The van der Waals surface area contributed by atoms with Crippen LogP contribution in [0.2, 0.25) is 0 Å². The molecule has 9 heavy (non-hydrogen) atoms. The third-order valence-electron chi connectivity index (χ3n) is 0.932. The Hall–Kier alpha value is 0.440. The molecule has 0 amide bonds. The Labute approximate surface area is 67.5 Å². The fraction of sp³-hybridized carbons (Fsp3) is 0.714. The van der Waals surface area contributed by atoms with Gasteiger partial charge in [0.15, 0.2) is 0 Å². The van der Waals surface area contributed by atoms with Crippen molar-refractivity contribution < 1.29 is 0 Å². The molecule has 0 N–H and O–H groups in total. The number of thiol groups is 1. The average molecular weight is 162 g/mol. The van der Waals surface area contributed by atoms with E-state index in [4.69, 9.17) is 0 Å². The summed E-state index contributed by atoms with van der Waals surface area (Å²) in [6, 6.07) is 0. The van der Waals surface area contributed by atoms with Gasteiger partial charge in [0.1, 0.15) is 0 Å². The second-order valence-electron chi connectivity index (χ2n) is 1.79. The van der Waals surface area contributed by atoms with Gasteiger partial charge in [-0.3, -0.25) is 0 Å². The van der Waals surface area contributed by atoms with Crippen LogP contribution in [0.1, 0.15) is 12.8 Å². The first-order chi connectivity index (χ1) is 4.41. The number of hydrogen-bond acceptors (Lipinski definition) is 2. The first-order valence-electron chi connectivity index (χ1n) is 3.21. The maximum absolute atomic E-state index is 4.12. The summed E-state index contributed by atoms with van der Waals surface area (Å²) in [4.78, 5) is 0. The zero-order valence-corrected chi connectivity index (χ0v) is 7.39. The van der Waals surface area contributed by atoms with Crippen LogP contribution in [0.15, 0.2) is 12.7 Å². The van der Waals surface area contributed by atoms with E-state index in [1.807, 2.05) is 17.8 Å². The highest BCUT2D eigenvalue weighted by Gasteiger charge is 1.84. The number of unbranched alkanes of at least 4 members (excludes halogenated alkanes) is 1. The lowest BCUT2D eigenvalue weighted by atomic mass is 10.4. The molecule has 0 atom stereocenters. The SMILES string of the molecule is C=CCSCCCCS. The van der Waals surface area contributed by atoms with Gasteiger partial charge in [-0.25, -0.2) is 0 Å². The lowest BCUT2D eigenvalue weighted by molar-refractivity contribution is 0.910. The van der Waals surface area contributed by atoms with E-state index < -0.39 is 0 Å². The summed E-state index contributed by atoms with van der Waals surface area (Å²) < 4.78 is 0. The van der Waals surface area contributed by atoms with E-state index in [1.54, 1.807) is 0 Å². The molecule has 0 aromatic rings. The fourth-order valence-electron chi connectivity index (χ4n) is 0.483. The van der Waals surface area contributed by atoms with Crippen molar-refractivity contribution in [1.82, 2.24) is 0 Å². The Morgan fingerprint density at radius 1 is 1.44 bits per heavy atom. The van der Waals surface area contributed by atoms with Gasteiger partial charge < -0.3 is 0 Å². The van der Waals surface area contributed by atoms with Crippen molar-refractivity contribution in [3.8, 4) is 0 Å². The van der Waals surface area contributed by atoms with Crippen LogP contribution in [0.3, 0.4) is 0 Å². The van der Waals surface area contributed by atoms with Crippen molar-refractivity contribution in [2.75, 3.05) is 17.3 Å². The summed E-state index contributed by atoms with van der Waals surface area (Å²) in [6.45, 7) is 3.64. The number of hydrogen-bond donors (Lipinski definition) is 1. The molecule has 0 aliphatic carbocycles. The van der Waals surface area contributed by atoms with E-state index in [-0.39, 0.29) is 0 Å². The molecule has 0 fully saturated rings. The number of rotatable bonds is 6. The predicted molar refractivity (Wildman–Crippen MR) is 50.6 cm³/mol. The normalized spacial score (nSPS) is 9.44. The third-order valence-corrected chi connectivity index (χ3v) is 2.30. The van der Waals surface area contributed by atoms with Gasteiger partial charge in [-0.05, 0) is 24.3 Å². The van der Waals surface area contributed by atoms with Gasteiger partial charge in [0, 0.05) is 5.75 Å². The van der Waals surface area contributed by atoms with Gasteiger partial charge in [0.25, 0.3) is 0 Å². The average Bonchev–Trinajstić information content (AvgIpc) is 1.89. The molecule has 0 saturated carbocycles. The van der Waals surface area contributed by atoms with Gasteiger partial charge in [-0.15, -0.1) is 6.58 Å². The minimum Gasteiger partial charge on any atom is -0.179 e. The van der Waals surface area contributed by atoms with Crippen LogP contribution in [0.25, 0.3) is 0 Å². The summed E-state index contributed by atoms with van der Waals surface area (Å²) in [5.41, 5.74) is 0. The second kappa shape index (κ2) is 8.44. The van der Waals surface area contributed by atoms with Gasteiger partial charge in [0.2, 0.25) is 0 Å². The van der Waals surface area contributed by atoms with E-state index in [0.29, 0.717) is 0 Å². The van der Waals surface area contributed by atoms with Crippen LogP contribution < -0.4 is 0 Å². The van der Waals surface area contributed by atoms with Crippen molar-refractivity contribution in [2.45, 2.75) is 12.8 Å². The molecule has 0 aromatic carbocycles. The molecule has 0 spiro atoms. The molecule has 0 aromatic heterocycles. The molecule has 0 rings (SSSR count). The molecule has 0 aliphatic heterocycles. The van der Waals surface area contributed by atoms with E-state index in [1.165, 1.54) is 18.6 Å². The summed E-state index contributed by atoms with van der Waals surface area (Å²) in [6.07, 6.45) is 4.49. The lowest BCUT2D eigenvalue weighted by Gasteiger charge is -1.94. The van der Waals surface area contributed by atoms with E-state index in [0.717, 1.165) is 11.5 Å². The minimum absolute atomic E-state index is 1.02. The Morgan fingerprint density at radius 3 is 2.78 bits per heavy atom. The van der Waals surface area contributed by atoms with Crippen LogP contribution in [0.5, 0.6) is 0 Å². The standard InChI is InChI=1S/C7H14S2/c1-2-6-9-7-4-3-5-8/h2,8H,1,3-7H2. The van der Waals surface area contributed by atoms with Crippen molar-refractivity contribution in [3.63, 3.8) is 0 Å². The maximum Gasteiger partial charge on any atom is 0.0110 e. The highest BCUT2D eigenvalue weighted by Crippen LogP contribution is 2.04. The van der Waals surface area contributed by atoms with Crippen LogP contribution >= 0.6 is 24.4 Å². The molecular weight excluding hydrogens is 148 g/mol. The second-order valence-corrected chi connectivity index (χ2v) is 3.39. The Bertz CT molecular complexity index is 61.9. The molecule has 0 nitrogen and oxygen atoms in total. The monoisotopic (exact) mass is 162 g/mol. The van der Waals surface area contributed by atoms with Gasteiger partial charge in [0.05, 0.1) is 0 Å². The van der Waals surface area contributed by atoms with Crippen LogP contribution in [0, 0.1) is 0 Å². The van der Waals surface area contributed by atoms with E-state index >= 15 is 0 Å². The summed E-state index contributed by atoms with van der Waals surface area (Å²) in [5, 5.41) is 0. The molecule has 0 radical (unpaired) electrons.